The summed E-state index contributed by atoms with van der Waals surface area (Å²) >= 11 is 0. The van der Waals surface area contributed by atoms with Crippen LogP contribution in [0.15, 0.2) is 24.3 Å². The lowest BCUT2D eigenvalue weighted by Gasteiger charge is -2.18. The Morgan fingerprint density at radius 3 is 2.40 bits per heavy atom. The van der Waals surface area contributed by atoms with Crippen LogP contribution in [0.2, 0.25) is 0 Å². The molecule has 1 atom stereocenters. The van der Waals surface area contributed by atoms with E-state index in [1.165, 1.54) is 0 Å². The Morgan fingerprint density at radius 2 is 1.90 bits per heavy atom. The van der Waals surface area contributed by atoms with Gasteiger partial charge in [-0.25, -0.2) is 0 Å². The zero-order valence-electron chi connectivity index (χ0n) is 11.8. The van der Waals surface area contributed by atoms with E-state index in [0.29, 0.717) is 0 Å². The Kier molecular flexibility index (Phi) is 6.52. The van der Waals surface area contributed by atoms with Gasteiger partial charge in [0, 0.05) is 0 Å². The van der Waals surface area contributed by atoms with Crippen LogP contribution in [0.25, 0.3) is 0 Å². The standard InChI is InChI=1S/C14H21N3O3/c1-3-12(10-4-6-11(20-2)7-5-10)17-14(19)9-16-13(18)8-15/h4-7,12H,3,8-9,15H2,1-2H3,(H,16,18)(H,17,19). The van der Waals surface area contributed by atoms with Crippen LogP contribution in [0.4, 0.5) is 0 Å². The quantitative estimate of drug-likeness (QED) is 0.671. The van der Waals surface area contributed by atoms with Crippen molar-refractivity contribution in [3.8, 4) is 5.75 Å². The third kappa shape index (κ3) is 4.89. The molecule has 0 saturated heterocycles. The molecule has 6 nitrogen and oxygen atoms in total. The number of rotatable bonds is 7. The molecule has 0 radical (unpaired) electrons. The summed E-state index contributed by atoms with van der Waals surface area (Å²) in [6.45, 7) is 1.79. The van der Waals surface area contributed by atoms with Gasteiger partial charge in [-0.15, -0.1) is 0 Å². The molecular formula is C14H21N3O3. The first-order valence-corrected chi connectivity index (χ1v) is 6.50. The molecule has 1 unspecified atom stereocenters. The van der Waals surface area contributed by atoms with Crippen LogP contribution in [-0.2, 0) is 9.59 Å². The Bertz CT molecular complexity index is 445. The lowest BCUT2D eigenvalue weighted by molar-refractivity contribution is -0.125. The Morgan fingerprint density at radius 1 is 1.25 bits per heavy atom. The number of hydrogen-bond donors (Lipinski definition) is 3. The highest BCUT2D eigenvalue weighted by molar-refractivity contribution is 5.85. The molecule has 0 spiro atoms. The second kappa shape index (κ2) is 8.16. The van der Waals surface area contributed by atoms with E-state index >= 15 is 0 Å². The second-order valence-electron chi connectivity index (χ2n) is 4.28. The van der Waals surface area contributed by atoms with Crippen LogP contribution < -0.4 is 21.1 Å². The van der Waals surface area contributed by atoms with Gasteiger partial charge >= 0.3 is 0 Å². The van der Waals surface area contributed by atoms with Crippen LogP contribution >= 0.6 is 0 Å². The third-order valence-electron chi connectivity index (χ3n) is 2.89. The molecule has 0 fully saturated rings. The molecule has 110 valence electrons. The molecular weight excluding hydrogens is 258 g/mol. The smallest absolute Gasteiger partial charge is 0.239 e. The summed E-state index contributed by atoms with van der Waals surface area (Å²) in [6, 6.07) is 7.42. The van der Waals surface area contributed by atoms with E-state index in [4.69, 9.17) is 10.5 Å². The molecule has 20 heavy (non-hydrogen) atoms. The van der Waals surface area contributed by atoms with Crippen LogP contribution in [0.3, 0.4) is 0 Å². The third-order valence-corrected chi connectivity index (χ3v) is 2.89. The molecule has 0 aromatic heterocycles. The molecule has 1 aromatic rings. The molecule has 2 amide bonds. The number of hydrogen-bond acceptors (Lipinski definition) is 4. The topological polar surface area (TPSA) is 93.5 Å². The van der Waals surface area contributed by atoms with Crippen molar-refractivity contribution in [3.63, 3.8) is 0 Å². The molecule has 6 heteroatoms. The zero-order chi connectivity index (χ0) is 15.0. The fourth-order valence-corrected chi connectivity index (χ4v) is 1.75. The summed E-state index contributed by atoms with van der Waals surface area (Å²) in [4.78, 5) is 22.7. The number of carbonyl (C=O) groups is 2. The minimum Gasteiger partial charge on any atom is -0.497 e. The van der Waals surface area contributed by atoms with Crippen molar-refractivity contribution < 1.29 is 14.3 Å². The van der Waals surface area contributed by atoms with Gasteiger partial charge in [0.1, 0.15) is 5.75 Å². The molecule has 4 N–H and O–H groups in total. The highest BCUT2D eigenvalue weighted by Gasteiger charge is 2.13. The maximum atomic E-state index is 11.7. The minimum atomic E-state index is -0.349. The number of nitrogens with two attached hydrogens (primary N) is 1. The number of methoxy groups -OCH3 is 1. The number of nitrogens with one attached hydrogen (secondary N) is 2. The highest BCUT2D eigenvalue weighted by atomic mass is 16.5. The largest absolute Gasteiger partial charge is 0.497 e. The summed E-state index contributed by atoms with van der Waals surface area (Å²) in [6.07, 6.45) is 0.753. The van der Waals surface area contributed by atoms with Crippen molar-refractivity contribution in [1.82, 2.24) is 10.6 Å². The molecule has 1 aromatic carbocycles. The molecule has 0 bridgehead atoms. The van der Waals surface area contributed by atoms with E-state index in [-0.39, 0.29) is 30.9 Å². The predicted octanol–water partition coefficient (Wildman–Crippen LogP) is 0.337. The summed E-state index contributed by atoms with van der Waals surface area (Å²) < 4.78 is 5.09. The summed E-state index contributed by atoms with van der Waals surface area (Å²) in [5.41, 5.74) is 6.14. The van der Waals surface area contributed by atoms with Gasteiger partial charge in [-0.05, 0) is 24.1 Å². The normalized spacial score (nSPS) is 11.6. The van der Waals surface area contributed by atoms with E-state index in [0.717, 1.165) is 17.7 Å². The average molecular weight is 279 g/mol. The van der Waals surface area contributed by atoms with E-state index in [1.54, 1.807) is 7.11 Å². The van der Waals surface area contributed by atoms with E-state index in [9.17, 15) is 9.59 Å². The number of ether oxygens (including phenoxy) is 1. The van der Waals surface area contributed by atoms with Crippen molar-refractivity contribution in [2.45, 2.75) is 19.4 Å². The van der Waals surface area contributed by atoms with Crippen molar-refractivity contribution in [2.75, 3.05) is 20.2 Å². The first kappa shape index (κ1) is 16.0. The van der Waals surface area contributed by atoms with Crippen molar-refractivity contribution in [1.29, 1.82) is 0 Å². The van der Waals surface area contributed by atoms with Crippen LogP contribution in [0.5, 0.6) is 5.75 Å². The van der Waals surface area contributed by atoms with E-state index < -0.39 is 0 Å². The second-order valence-corrected chi connectivity index (χ2v) is 4.28. The van der Waals surface area contributed by atoms with Gasteiger partial charge in [-0.3, -0.25) is 9.59 Å². The SMILES string of the molecule is CCC(NC(=O)CNC(=O)CN)c1ccc(OC)cc1. The van der Waals surface area contributed by atoms with Crippen molar-refractivity contribution >= 4 is 11.8 Å². The summed E-state index contributed by atoms with van der Waals surface area (Å²) in [5.74, 6) is 0.178. The fourth-order valence-electron chi connectivity index (χ4n) is 1.75. The van der Waals surface area contributed by atoms with Crippen molar-refractivity contribution in [3.05, 3.63) is 29.8 Å². The van der Waals surface area contributed by atoms with Crippen LogP contribution in [-0.4, -0.2) is 32.0 Å². The van der Waals surface area contributed by atoms with Gasteiger partial charge in [0.25, 0.3) is 0 Å². The molecule has 0 heterocycles. The maximum absolute atomic E-state index is 11.7. The van der Waals surface area contributed by atoms with Crippen molar-refractivity contribution in [2.24, 2.45) is 5.73 Å². The van der Waals surface area contributed by atoms with Gasteiger partial charge in [-0.2, -0.15) is 0 Å². The summed E-state index contributed by atoms with van der Waals surface area (Å²) in [7, 11) is 1.61. The zero-order valence-corrected chi connectivity index (χ0v) is 11.8. The van der Waals surface area contributed by atoms with Gasteiger partial charge in [0.2, 0.25) is 11.8 Å². The summed E-state index contributed by atoms with van der Waals surface area (Å²) in [5, 5.41) is 5.30. The van der Waals surface area contributed by atoms with Crippen LogP contribution in [0, 0.1) is 0 Å². The Hall–Kier alpha value is -2.08. The predicted molar refractivity (Wildman–Crippen MR) is 76.2 cm³/mol. The van der Waals surface area contributed by atoms with Gasteiger partial charge in [-0.1, -0.05) is 19.1 Å². The highest BCUT2D eigenvalue weighted by Crippen LogP contribution is 2.19. The fraction of sp³-hybridized carbons (Fsp3) is 0.429. The lowest BCUT2D eigenvalue weighted by Crippen LogP contribution is -2.40. The van der Waals surface area contributed by atoms with Crippen LogP contribution in [0.1, 0.15) is 24.9 Å². The minimum absolute atomic E-state index is 0.0668. The van der Waals surface area contributed by atoms with Gasteiger partial charge in [0.05, 0.1) is 26.2 Å². The van der Waals surface area contributed by atoms with E-state index in [2.05, 4.69) is 10.6 Å². The Labute approximate surface area is 118 Å². The number of amides is 2. The molecule has 0 aliphatic rings. The molecule has 1 rings (SSSR count). The monoisotopic (exact) mass is 279 g/mol. The Balaban J connectivity index is 2.57. The molecule has 0 aliphatic heterocycles. The number of benzene rings is 1. The van der Waals surface area contributed by atoms with Gasteiger partial charge < -0.3 is 21.1 Å². The molecule has 0 aliphatic carbocycles. The number of carbonyl (C=O) groups excluding carboxylic acids is 2. The molecule has 0 saturated carbocycles. The first-order valence-electron chi connectivity index (χ1n) is 6.50. The van der Waals surface area contributed by atoms with Gasteiger partial charge in [0.15, 0.2) is 0 Å². The first-order chi connectivity index (χ1) is 9.60. The average Bonchev–Trinajstić information content (AvgIpc) is 2.50. The maximum Gasteiger partial charge on any atom is 0.239 e. The van der Waals surface area contributed by atoms with E-state index in [1.807, 2.05) is 31.2 Å². The lowest BCUT2D eigenvalue weighted by atomic mass is 10.0.